The van der Waals surface area contributed by atoms with Crippen molar-refractivity contribution < 1.29 is 4.74 Å². The summed E-state index contributed by atoms with van der Waals surface area (Å²) in [6.07, 6.45) is 4.97. The summed E-state index contributed by atoms with van der Waals surface area (Å²) in [5, 5.41) is 3.54. The lowest BCUT2D eigenvalue weighted by Crippen LogP contribution is -2.46. The largest absolute Gasteiger partial charge is 0.359 e. The quantitative estimate of drug-likeness (QED) is 0.680. The van der Waals surface area contributed by atoms with Crippen LogP contribution in [0.3, 0.4) is 0 Å². The van der Waals surface area contributed by atoms with Crippen molar-refractivity contribution in [2.75, 3.05) is 6.61 Å². The second kappa shape index (κ2) is 3.97. The Morgan fingerprint density at radius 2 is 1.92 bits per heavy atom. The highest BCUT2D eigenvalue weighted by molar-refractivity contribution is 4.91. The highest BCUT2D eigenvalue weighted by atomic mass is 16.5. The molecule has 13 heavy (non-hydrogen) atoms. The van der Waals surface area contributed by atoms with Gasteiger partial charge in [0.05, 0.1) is 6.61 Å². The van der Waals surface area contributed by atoms with Gasteiger partial charge in [-0.3, -0.25) is 5.32 Å². The molecule has 0 spiro atoms. The predicted molar refractivity (Wildman–Crippen MR) is 55.7 cm³/mol. The van der Waals surface area contributed by atoms with E-state index in [0.29, 0.717) is 0 Å². The first-order chi connectivity index (χ1) is 5.97. The second-order valence-corrected chi connectivity index (χ2v) is 4.99. The van der Waals surface area contributed by atoms with Gasteiger partial charge in [0.25, 0.3) is 0 Å². The van der Waals surface area contributed by atoms with Gasteiger partial charge in [-0.1, -0.05) is 19.8 Å². The molecule has 1 heterocycles. The fraction of sp³-hybridized carbons (Fsp3) is 1.00. The minimum absolute atomic E-state index is 0.0708. The molecule has 78 valence electrons. The van der Waals surface area contributed by atoms with Gasteiger partial charge in [-0.15, -0.1) is 0 Å². The van der Waals surface area contributed by atoms with Gasteiger partial charge in [0, 0.05) is 5.54 Å². The van der Waals surface area contributed by atoms with Gasteiger partial charge >= 0.3 is 0 Å². The Hall–Kier alpha value is -0.0800. The zero-order chi connectivity index (χ0) is 9.95. The lowest BCUT2D eigenvalue weighted by atomic mass is 10.0. The summed E-state index contributed by atoms with van der Waals surface area (Å²) in [7, 11) is 0. The average Bonchev–Trinajstić information content (AvgIpc) is 2.27. The van der Waals surface area contributed by atoms with Crippen LogP contribution in [0.2, 0.25) is 0 Å². The Labute approximate surface area is 82.0 Å². The molecule has 0 saturated carbocycles. The molecule has 1 saturated heterocycles. The molecule has 1 rings (SSSR count). The maximum Gasteiger partial charge on any atom is 0.116 e. The zero-order valence-electron chi connectivity index (χ0n) is 9.44. The van der Waals surface area contributed by atoms with E-state index in [1.807, 2.05) is 0 Å². The fourth-order valence-corrected chi connectivity index (χ4v) is 1.97. The second-order valence-electron chi connectivity index (χ2n) is 4.99. The van der Waals surface area contributed by atoms with Crippen LogP contribution in [0.25, 0.3) is 0 Å². The van der Waals surface area contributed by atoms with Crippen LogP contribution in [-0.4, -0.2) is 17.9 Å². The van der Waals surface area contributed by atoms with Crippen LogP contribution in [0, 0.1) is 0 Å². The van der Waals surface area contributed by atoms with E-state index < -0.39 is 0 Å². The topological polar surface area (TPSA) is 21.3 Å². The van der Waals surface area contributed by atoms with Crippen molar-refractivity contribution in [3.63, 3.8) is 0 Å². The Balaban J connectivity index is 2.32. The van der Waals surface area contributed by atoms with Crippen LogP contribution in [0.5, 0.6) is 0 Å². The standard InChI is InChI=1S/C11H23NO/c1-5-6-7-8-11(4)12-10(2,3)9-13-11/h12H,5-9H2,1-4H3/t11-/m0/s1. The number of hydrogen-bond acceptors (Lipinski definition) is 2. The molecule has 0 unspecified atom stereocenters. The highest BCUT2D eigenvalue weighted by Crippen LogP contribution is 2.27. The van der Waals surface area contributed by atoms with E-state index >= 15 is 0 Å². The van der Waals surface area contributed by atoms with Crippen LogP contribution in [0.4, 0.5) is 0 Å². The van der Waals surface area contributed by atoms with Gasteiger partial charge in [0.15, 0.2) is 0 Å². The number of nitrogens with one attached hydrogen (secondary N) is 1. The van der Waals surface area contributed by atoms with Crippen LogP contribution in [-0.2, 0) is 4.74 Å². The highest BCUT2D eigenvalue weighted by Gasteiger charge is 2.39. The molecule has 1 aliphatic rings. The summed E-state index contributed by atoms with van der Waals surface area (Å²) in [6, 6.07) is 0. The molecular formula is C11H23NO. The monoisotopic (exact) mass is 185 g/mol. The third-order valence-electron chi connectivity index (χ3n) is 2.61. The SMILES string of the molecule is CCCCC[C@@]1(C)NC(C)(C)CO1. The average molecular weight is 185 g/mol. The number of rotatable bonds is 4. The molecule has 0 bridgehead atoms. The van der Waals surface area contributed by atoms with E-state index in [-0.39, 0.29) is 11.3 Å². The van der Waals surface area contributed by atoms with Crippen molar-refractivity contribution in [1.29, 1.82) is 0 Å². The van der Waals surface area contributed by atoms with Gasteiger partial charge in [0.1, 0.15) is 5.72 Å². The van der Waals surface area contributed by atoms with E-state index in [1.165, 1.54) is 19.3 Å². The molecule has 1 atom stereocenters. The molecule has 2 nitrogen and oxygen atoms in total. The van der Waals surface area contributed by atoms with Crippen molar-refractivity contribution >= 4 is 0 Å². The molecular weight excluding hydrogens is 162 g/mol. The van der Waals surface area contributed by atoms with E-state index in [2.05, 4.69) is 33.0 Å². The minimum Gasteiger partial charge on any atom is -0.359 e. The van der Waals surface area contributed by atoms with Gasteiger partial charge < -0.3 is 4.74 Å². The predicted octanol–water partition coefficient (Wildman–Crippen LogP) is 2.68. The molecule has 0 aromatic rings. The summed E-state index contributed by atoms with van der Waals surface area (Å²) >= 11 is 0. The number of ether oxygens (including phenoxy) is 1. The summed E-state index contributed by atoms with van der Waals surface area (Å²) in [5.41, 5.74) is 0.0830. The third-order valence-corrected chi connectivity index (χ3v) is 2.61. The summed E-state index contributed by atoms with van der Waals surface area (Å²) < 4.78 is 5.79. The first-order valence-corrected chi connectivity index (χ1v) is 5.41. The molecule has 0 aromatic heterocycles. The van der Waals surface area contributed by atoms with Crippen LogP contribution >= 0.6 is 0 Å². The van der Waals surface area contributed by atoms with Crippen molar-refractivity contribution in [2.24, 2.45) is 0 Å². The molecule has 0 radical (unpaired) electrons. The third kappa shape index (κ3) is 3.28. The van der Waals surface area contributed by atoms with Gasteiger partial charge in [-0.25, -0.2) is 0 Å². The number of hydrogen-bond donors (Lipinski definition) is 1. The Kier molecular flexibility index (Phi) is 3.36. The zero-order valence-corrected chi connectivity index (χ0v) is 9.44. The minimum atomic E-state index is -0.0708. The maximum atomic E-state index is 5.79. The molecule has 1 aliphatic heterocycles. The van der Waals surface area contributed by atoms with Crippen molar-refractivity contribution in [2.45, 2.75) is 64.6 Å². The van der Waals surface area contributed by atoms with Crippen LogP contribution in [0.1, 0.15) is 53.4 Å². The Morgan fingerprint density at radius 3 is 2.38 bits per heavy atom. The van der Waals surface area contributed by atoms with Crippen molar-refractivity contribution in [3.05, 3.63) is 0 Å². The van der Waals surface area contributed by atoms with E-state index in [4.69, 9.17) is 4.74 Å². The van der Waals surface area contributed by atoms with Crippen LogP contribution < -0.4 is 5.32 Å². The smallest absolute Gasteiger partial charge is 0.116 e. The summed E-state index contributed by atoms with van der Waals surface area (Å²) in [4.78, 5) is 0. The fourth-order valence-electron chi connectivity index (χ4n) is 1.97. The Morgan fingerprint density at radius 1 is 1.23 bits per heavy atom. The lowest BCUT2D eigenvalue weighted by molar-refractivity contribution is -0.00264. The molecule has 0 aliphatic carbocycles. The first kappa shape index (κ1) is 11.0. The van der Waals surface area contributed by atoms with Gasteiger partial charge in [0.2, 0.25) is 0 Å². The van der Waals surface area contributed by atoms with Crippen LogP contribution in [0.15, 0.2) is 0 Å². The Bertz CT molecular complexity index is 167. The van der Waals surface area contributed by atoms with Gasteiger partial charge in [-0.05, 0) is 33.6 Å². The first-order valence-electron chi connectivity index (χ1n) is 5.41. The number of unbranched alkanes of at least 4 members (excludes halogenated alkanes) is 2. The molecule has 2 heteroatoms. The van der Waals surface area contributed by atoms with E-state index in [1.54, 1.807) is 0 Å². The summed E-state index contributed by atoms with van der Waals surface area (Å²) in [5.74, 6) is 0. The molecule has 1 N–H and O–H groups in total. The lowest BCUT2D eigenvalue weighted by Gasteiger charge is -2.26. The van der Waals surface area contributed by atoms with E-state index in [0.717, 1.165) is 13.0 Å². The summed E-state index contributed by atoms with van der Waals surface area (Å²) in [6.45, 7) is 9.61. The van der Waals surface area contributed by atoms with Gasteiger partial charge in [-0.2, -0.15) is 0 Å². The molecule has 0 aromatic carbocycles. The van der Waals surface area contributed by atoms with E-state index in [9.17, 15) is 0 Å². The molecule has 1 fully saturated rings. The maximum absolute atomic E-state index is 5.79. The van der Waals surface area contributed by atoms with Crippen molar-refractivity contribution in [3.8, 4) is 0 Å². The normalized spacial score (nSPS) is 32.3. The molecule has 0 amide bonds. The van der Waals surface area contributed by atoms with Crippen molar-refractivity contribution in [1.82, 2.24) is 5.32 Å².